The third kappa shape index (κ3) is 5.31. The Labute approximate surface area is 202 Å². The van der Waals surface area contributed by atoms with Gasteiger partial charge in [-0.3, -0.25) is 0 Å². The quantitative estimate of drug-likeness (QED) is 0.331. The molecule has 176 valence electrons. The second-order valence-electron chi connectivity index (χ2n) is 8.11. The highest BCUT2D eigenvalue weighted by Gasteiger charge is 2.54. The van der Waals surface area contributed by atoms with Crippen molar-refractivity contribution in [3.05, 3.63) is 120 Å². The SMILES string of the molecule is CC(C)=C=CCC(C/C=C/c1ccccc1)(S(=O)(=O)c1ccccc1)S(=O)(=O)c1ccccc1. The second kappa shape index (κ2) is 10.8. The summed E-state index contributed by atoms with van der Waals surface area (Å²) in [5, 5.41) is 0. The topological polar surface area (TPSA) is 68.3 Å². The van der Waals surface area contributed by atoms with Crippen molar-refractivity contribution in [3.63, 3.8) is 0 Å². The Morgan fingerprint density at radius 2 is 1.15 bits per heavy atom. The van der Waals surface area contributed by atoms with Crippen molar-refractivity contribution < 1.29 is 16.8 Å². The highest BCUT2D eigenvalue weighted by molar-refractivity contribution is 8.10. The molecule has 34 heavy (non-hydrogen) atoms. The summed E-state index contributed by atoms with van der Waals surface area (Å²) < 4.78 is 54.3. The average molecular weight is 493 g/mol. The van der Waals surface area contributed by atoms with Gasteiger partial charge in [-0.15, -0.1) is 5.73 Å². The molecule has 0 aromatic heterocycles. The molecule has 3 aromatic rings. The van der Waals surface area contributed by atoms with Gasteiger partial charge in [0.15, 0.2) is 23.8 Å². The number of benzene rings is 3. The van der Waals surface area contributed by atoms with Crippen LogP contribution in [0.4, 0.5) is 0 Å². The smallest absolute Gasteiger partial charge is 0.199 e. The fraction of sp³-hybridized carbons (Fsp3) is 0.179. The predicted molar refractivity (Wildman–Crippen MR) is 138 cm³/mol. The zero-order valence-corrected chi connectivity index (χ0v) is 20.9. The van der Waals surface area contributed by atoms with E-state index in [4.69, 9.17) is 0 Å². The first-order valence-corrected chi connectivity index (χ1v) is 13.9. The highest BCUT2D eigenvalue weighted by Crippen LogP contribution is 2.42. The molecule has 3 rings (SSSR count). The first-order chi connectivity index (χ1) is 16.2. The van der Waals surface area contributed by atoms with Crippen LogP contribution in [0.15, 0.2) is 124 Å². The zero-order chi connectivity index (χ0) is 24.7. The summed E-state index contributed by atoms with van der Waals surface area (Å²) in [4.78, 5) is -0.0681. The Bertz CT molecular complexity index is 1330. The van der Waals surface area contributed by atoms with Gasteiger partial charge in [-0.25, -0.2) is 16.8 Å². The largest absolute Gasteiger partial charge is 0.222 e. The van der Waals surface area contributed by atoms with Crippen LogP contribution in [-0.4, -0.2) is 20.9 Å². The molecule has 0 N–H and O–H groups in total. The zero-order valence-electron chi connectivity index (χ0n) is 19.3. The van der Waals surface area contributed by atoms with Gasteiger partial charge in [-0.05, 0) is 55.3 Å². The van der Waals surface area contributed by atoms with Crippen molar-refractivity contribution >= 4 is 25.8 Å². The molecule has 0 saturated heterocycles. The molecule has 4 nitrogen and oxygen atoms in total. The second-order valence-corrected chi connectivity index (χ2v) is 12.9. The van der Waals surface area contributed by atoms with E-state index in [0.717, 1.165) is 11.1 Å². The summed E-state index contributed by atoms with van der Waals surface area (Å²) in [6, 6.07) is 24.9. The van der Waals surface area contributed by atoms with Gasteiger partial charge >= 0.3 is 0 Å². The van der Waals surface area contributed by atoms with E-state index in [0.29, 0.717) is 0 Å². The Morgan fingerprint density at radius 3 is 1.59 bits per heavy atom. The molecule has 0 amide bonds. The monoisotopic (exact) mass is 492 g/mol. The molecule has 0 saturated carbocycles. The lowest BCUT2D eigenvalue weighted by Gasteiger charge is -2.31. The lowest BCUT2D eigenvalue weighted by Crippen LogP contribution is -2.45. The summed E-state index contributed by atoms with van der Waals surface area (Å²) in [5.74, 6) is 0. The molecular weight excluding hydrogens is 464 g/mol. The molecule has 0 unspecified atom stereocenters. The van der Waals surface area contributed by atoms with Crippen LogP contribution >= 0.6 is 0 Å². The molecule has 0 aliphatic rings. The lowest BCUT2D eigenvalue weighted by atomic mass is 10.1. The van der Waals surface area contributed by atoms with Gasteiger partial charge in [0, 0.05) is 12.8 Å². The van der Waals surface area contributed by atoms with Crippen molar-refractivity contribution in [2.45, 2.75) is 40.6 Å². The summed E-state index contributed by atoms with van der Waals surface area (Å²) in [6.45, 7) is 3.65. The maximum absolute atomic E-state index is 14.1. The van der Waals surface area contributed by atoms with Crippen molar-refractivity contribution in [1.82, 2.24) is 0 Å². The number of sulfone groups is 2. The van der Waals surface area contributed by atoms with Crippen LogP contribution in [0.3, 0.4) is 0 Å². The number of hydrogen-bond acceptors (Lipinski definition) is 4. The van der Waals surface area contributed by atoms with Crippen LogP contribution in [-0.2, 0) is 19.7 Å². The van der Waals surface area contributed by atoms with Crippen molar-refractivity contribution in [1.29, 1.82) is 0 Å². The fourth-order valence-electron chi connectivity index (χ4n) is 3.64. The van der Waals surface area contributed by atoms with E-state index < -0.39 is 23.8 Å². The molecule has 0 atom stereocenters. The third-order valence-electron chi connectivity index (χ3n) is 5.43. The number of rotatable bonds is 9. The molecule has 0 radical (unpaired) electrons. The van der Waals surface area contributed by atoms with Crippen LogP contribution < -0.4 is 0 Å². The summed E-state index contributed by atoms with van der Waals surface area (Å²) in [7, 11) is -8.68. The average Bonchev–Trinajstić information content (AvgIpc) is 2.84. The maximum Gasteiger partial charge on any atom is 0.199 e. The minimum atomic E-state index is -4.34. The van der Waals surface area contributed by atoms with E-state index in [-0.39, 0.29) is 22.6 Å². The molecule has 0 fully saturated rings. The highest BCUT2D eigenvalue weighted by atomic mass is 32.3. The van der Waals surface area contributed by atoms with Gasteiger partial charge in [-0.1, -0.05) is 78.9 Å². The Kier molecular flexibility index (Phi) is 8.11. The van der Waals surface area contributed by atoms with E-state index in [2.05, 4.69) is 5.73 Å². The Hall–Kier alpha value is -3.18. The summed E-state index contributed by atoms with van der Waals surface area (Å²) >= 11 is 0. The normalized spacial score (nSPS) is 12.3. The van der Waals surface area contributed by atoms with E-state index in [1.54, 1.807) is 48.6 Å². The molecule has 0 aliphatic carbocycles. The first-order valence-electron chi connectivity index (χ1n) is 10.9. The van der Waals surface area contributed by atoms with Gasteiger partial charge in [0.05, 0.1) is 9.79 Å². The molecule has 0 aliphatic heterocycles. The number of allylic oxidation sites excluding steroid dienone is 2. The molecule has 6 heteroatoms. The standard InChI is InChI=1S/C28H28O4S2/c1-24(2)14-12-22-28(23-13-17-25-15-6-3-7-16-25,33(29,30)26-18-8-4-9-19-26)34(31,32)27-20-10-5-11-21-27/h3-13,15-21H,22-23H2,1-2H3/b17-13+. The van der Waals surface area contributed by atoms with Crippen LogP contribution in [0.1, 0.15) is 32.3 Å². The Balaban J connectivity index is 2.29. The van der Waals surface area contributed by atoms with E-state index in [1.165, 1.54) is 30.3 Å². The summed E-state index contributed by atoms with van der Waals surface area (Å²) in [6.07, 6.45) is 4.43. The maximum atomic E-state index is 14.1. The summed E-state index contributed by atoms with van der Waals surface area (Å²) in [5.41, 5.74) is 4.67. The molecule has 3 aromatic carbocycles. The van der Waals surface area contributed by atoms with Crippen LogP contribution in [0.2, 0.25) is 0 Å². The molecular formula is C28H28O4S2. The van der Waals surface area contributed by atoms with E-state index in [1.807, 2.05) is 44.2 Å². The van der Waals surface area contributed by atoms with Gasteiger partial charge in [0.2, 0.25) is 0 Å². The van der Waals surface area contributed by atoms with Gasteiger partial charge in [-0.2, -0.15) is 0 Å². The third-order valence-corrected chi connectivity index (χ3v) is 11.2. The predicted octanol–water partition coefficient (Wildman–Crippen LogP) is 6.25. The minimum Gasteiger partial charge on any atom is -0.222 e. The lowest BCUT2D eigenvalue weighted by molar-refractivity contribution is 0.537. The van der Waals surface area contributed by atoms with Crippen LogP contribution in [0.25, 0.3) is 6.08 Å². The molecule has 0 spiro atoms. The van der Waals surface area contributed by atoms with Gasteiger partial charge in [0.1, 0.15) is 0 Å². The minimum absolute atomic E-state index is 0.0341. The number of hydrogen-bond donors (Lipinski definition) is 0. The first kappa shape index (κ1) is 25.4. The van der Waals surface area contributed by atoms with Gasteiger partial charge in [0.25, 0.3) is 0 Å². The van der Waals surface area contributed by atoms with E-state index >= 15 is 0 Å². The van der Waals surface area contributed by atoms with Crippen LogP contribution in [0, 0.1) is 0 Å². The van der Waals surface area contributed by atoms with Gasteiger partial charge < -0.3 is 0 Å². The van der Waals surface area contributed by atoms with Crippen molar-refractivity contribution in [2.24, 2.45) is 0 Å². The van der Waals surface area contributed by atoms with E-state index in [9.17, 15) is 16.8 Å². The molecule has 0 heterocycles. The fourth-order valence-corrected chi connectivity index (χ4v) is 8.50. The molecule has 0 bridgehead atoms. The van der Waals surface area contributed by atoms with Crippen LogP contribution in [0.5, 0.6) is 0 Å². The van der Waals surface area contributed by atoms with Crippen molar-refractivity contribution in [2.75, 3.05) is 0 Å². The van der Waals surface area contributed by atoms with Crippen molar-refractivity contribution in [3.8, 4) is 0 Å². The Morgan fingerprint density at radius 1 is 0.706 bits per heavy atom.